The largest absolute Gasteiger partial charge is 0.497 e. The lowest BCUT2D eigenvalue weighted by molar-refractivity contribution is 0.0954. The zero-order chi connectivity index (χ0) is 19.5. The second-order valence-electron chi connectivity index (χ2n) is 6.07. The topological polar surface area (TPSA) is 66.0 Å². The van der Waals surface area contributed by atoms with Gasteiger partial charge in [-0.2, -0.15) is 0 Å². The molecule has 0 bridgehead atoms. The van der Waals surface area contributed by atoms with Crippen molar-refractivity contribution in [3.8, 4) is 5.75 Å². The number of methoxy groups -OCH3 is 1. The molecule has 7 heteroatoms. The van der Waals surface area contributed by atoms with Gasteiger partial charge in [-0.3, -0.25) is 9.79 Å². The van der Waals surface area contributed by atoms with Crippen LogP contribution < -0.4 is 15.4 Å². The molecule has 0 unspecified atom stereocenters. The maximum Gasteiger partial charge on any atom is 0.251 e. The van der Waals surface area contributed by atoms with Crippen molar-refractivity contribution < 1.29 is 9.53 Å². The van der Waals surface area contributed by atoms with Gasteiger partial charge in [-0.05, 0) is 30.7 Å². The Morgan fingerprint density at radius 2 is 1.86 bits per heavy atom. The third kappa shape index (κ3) is 7.75. The number of carbonyl (C=O) groups is 1. The molecule has 0 aliphatic heterocycles. The zero-order valence-corrected chi connectivity index (χ0v) is 19.0. The lowest BCUT2D eigenvalue weighted by Gasteiger charge is -2.22. The van der Waals surface area contributed by atoms with E-state index in [1.54, 1.807) is 25.3 Å². The molecule has 0 heterocycles. The molecule has 0 radical (unpaired) electrons. The van der Waals surface area contributed by atoms with Gasteiger partial charge in [-0.1, -0.05) is 36.4 Å². The first-order valence-corrected chi connectivity index (χ1v) is 9.09. The summed E-state index contributed by atoms with van der Waals surface area (Å²) in [5.74, 6) is 1.35. The summed E-state index contributed by atoms with van der Waals surface area (Å²) in [5, 5.41) is 6.17. The van der Waals surface area contributed by atoms with E-state index >= 15 is 0 Å². The van der Waals surface area contributed by atoms with Crippen molar-refractivity contribution in [2.75, 3.05) is 33.8 Å². The Morgan fingerprint density at radius 1 is 1.11 bits per heavy atom. The van der Waals surface area contributed by atoms with Crippen LogP contribution in [-0.2, 0) is 6.54 Å². The molecule has 152 valence electrons. The molecule has 2 aromatic carbocycles. The van der Waals surface area contributed by atoms with Gasteiger partial charge in [0.25, 0.3) is 5.91 Å². The van der Waals surface area contributed by atoms with Crippen LogP contribution in [-0.4, -0.2) is 50.6 Å². The summed E-state index contributed by atoms with van der Waals surface area (Å²) in [5.41, 5.74) is 1.79. The van der Waals surface area contributed by atoms with Crippen LogP contribution in [0.4, 0.5) is 0 Å². The van der Waals surface area contributed by atoms with E-state index in [9.17, 15) is 4.79 Å². The SMILES string of the molecule is CCNC(=NCCNC(=O)c1cccc(OC)c1)N(C)Cc1ccccc1.I. The maximum atomic E-state index is 12.2. The molecule has 6 nitrogen and oxygen atoms in total. The highest BCUT2D eigenvalue weighted by Gasteiger charge is 2.08. The molecule has 2 aromatic rings. The molecule has 2 N–H and O–H groups in total. The Kier molecular flexibility index (Phi) is 11.0. The van der Waals surface area contributed by atoms with Gasteiger partial charge in [0, 0.05) is 32.2 Å². The van der Waals surface area contributed by atoms with Gasteiger partial charge in [0.15, 0.2) is 5.96 Å². The first kappa shape index (κ1) is 23.7. The van der Waals surface area contributed by atoms with Crippen molar-refractivity contribution >= 4 is 35.8 Å². The molecule has 0 fully saturated rings. The number of rotatable bonds is 8. The summed E-state index contributed by atoms with van der Waals surface area (Å²) in [4.78, 5) is 18.9. The van der Waals surface area contributed by atoms with Crippen LogP contribution in [0.15, 0.2) is 59.6 Å². The van der Waals surface area contributed by atoms with E-state index in [-0.39, 0.29) is 29.9 Å². The Morgan fingerprint density at radius 3 is 2.54 bits per heavy atom. The van der Waals surface area contributed by atoms with Gasteiger partial charge in [-0.25, -0.2) is 0 Å². The molecule has 0 saturated carbocycles. The number of carbonyl (C=O) groups excluding carboxylic acids is 1. The highest BCUT2D eigenvalue weighted by Crippen LogP contribution is 2.12. The monoisotopic (exact) mass is 496 g/mol. The molecule has 1 amide bonds. The van der Waals surface area contributed by atoms with E-state index < -0.39 is 0 Å². The summed E-state index contributed by atoms with van der Waals surface area (Å²) in [7, 11) is 3.59. The van der Waals surface area contributed by atoms with Gasteiger partial charge in [0.1, 0.15) is 5.75 Å². The second-order valence-corrected chi connectivity index (χ2v) is 6.07. The van der Waals surface area contributed by atoms with E-state index in [1.807, 2.05) is 38.2 Å². The number of ether oxygens (including phenoxy) is 1. The minimum absolute atomic E-state index is 0. The first-order valence-electron chi connectivity index (χ1n) is 9.09. The predicted molar refractivity (Wildman–Crippen MR) is 125 cm³/mol. The van der Waals surface area contributed by atoms with Crippen LogP contribution in [0.25, 0.3) is 0 Å². The second kappa shape index (κ2) is 13.0. The molecule has 0 saturated heterocycles. The lowest BCUT2D eigenvalue weighted by Crippen LogP contribution is -2.39. The van der Waals surface area contributed by atoms with Crippen LogP contribution in [0.3, 0.4) is 0 Å². The zero-order valence-electron chi connectivity index (χ0n) is 16.6. The number of nitrogens with one attached hydrogen (secondary N) is 2. The number of nitrogens with zero attached hydrogens (tertiary/aromatic N) is 2. The third-order valence-corrected chi connectivity index (χ3v) is 3.95. The van der Waals surface area contributed by atoms with E-state index in [0.29, 0.717) is 24.4 Å². The van der Waals surface area contributed by atoms with E-state index in [1.165, 1.54) is 5.56 Å². The van der Waals surface area contributed by atoms with Crippen molar-refractivity contribution in [2.45, 2.75) is 13.5 Å². The Bertz CT molecular complexity index is 753. The Hall–Kier alpha value is -2.29. The third-order valence-electron chi connectivity index (χ3n) is 3.95. The van der Waals surface area contributed by atoms with Gasteiger partial charge < -0.3 is 20.3 Å². The fraction of sp³-hybridized carbons (Fsp3) is 0.333. The molecule has 0 aliphatic carbocycles. The summed E-state index contributed by atoms with van der Waals surface area (Å²) in [6, 6.07) is 17.3. The van der Waals surface area contributed by atoms with Crippen LogP contribution in [0, 0.1) is 0 Å². The molecule has 0 atom stereocenters. The van der Waals surface area contributed by atoms with Crippen molar-refractivity contribution in [3.63, 3.8) is 0 Å². The highest BCUT2D eigenvalue weighted by atomic mass is 127. The summed E-state index contributed by atoms with van der Waals surface area (Å²) in [6.07, 6.45) is 0. The standard InChI is InChI=1S/C21H28N4O2.HI/c1-4-22-21(25(2)16-17-9-6-5-7-10-17)24-14-13-23-20(26)18-11-8-12-19(15-18)27-3;/h5-12,15H,4,13-14,16H2,1-3H3,(H,22,24)(H,23,26);1H. The number of guanidine groups is 1. The lowest BCUT2D eigenvalue weighted by atomic mass is 10.2. The summed E-state index contributed by atoms with van der Waals surface area (Å²) in [6.45, 7) is 4.55. The predicted octanol–water partition coefficient (Wildman–Crippen LogP) is 3.14. The first-order chi connectivity index (χ1) is 13.1. The number of halogens is 1. The quantitative estimate of drug-likeness (QED) is 0.255. The van der Waals surface area contributed by atoms with E-state index in [4.69, 9.17) is 4.74 Å². The van der Waals surface area contributed by atoms with Gasteiger partial charge in [0.2, 0.25) is 0 Å². The number of amides is 1. The van der Waals surface area contributed by atoms with Gasteiger partial charge in [0.05, 0.1) is 13.7 Å². The average molecular weight is 496 g/mol. The molecule has 2 rings (SSSR count). The molecular weight excluding hydrogens is 467 g/mol. The highest BCUT2D eigenvalue weighted by molar-refractivity contribution is 14.0. The molecule has 28 heavy (non-hydrogen) atoms. The normalized spacial score (nSPS) is 10.6. The fourth-order valence-electron chi connectivity index (χ4n) is 2.60. The number of hydrogen-bond donors (Lipinski definition) is 2. The minimum atomic E-state index is -0.133. The van der Waals surface area contributed by atoms with Crippen LogP contribution in [0.5, 0.6) is 5.75 Å². The molecular formula is C21H29IN4O2. The van der Waals surface area contributed by atoms with Crippen LogP contribution in [0.2, 0.25) is 0 Å². The molecule has 0 spiro atoms. The average Bonchev–Trinajstić information content (AvgIpc) is 2.70. The molecule has 0 aliphatic rings. The number of hydrogen-bond acceptors (Lipinski definition) is 3. The number of benzene rings is 2. The smallest absolute Gasteiger partial charge is 0.251 e. The summed E-state index contributed by atoms with van der Waals surface area (Å²) < 4.78 is 5.15. The van der Waals surface area contributed by atoms with Crippen molar-refractivity contribution in [2.24, 2.45) is 4.99 Å². The van der Waals surface area contributed by atoms with Gasteiger partial charge >= 0.3 is 0 Å². The van der Waals surface area contributed by atoms with Crippen molar-refractivity contribution in [3.05, 3.63) is 65.7 Å². The van der Waals surface area contributed by atoms with Crippen molar-refractivity contribution in [1.82, 2.24) is 15.5 Å². The van der Waals surface area contributed by atoms with E-state index in [0.717, 1.165) is 19.0 Å². The van der Waals surface area contributed by atoms with Crippen molar-refractivity contribution in [1.29, 1.82) is 0 Å². The van der Waals surface area contributed by atoms with Crippen LogP contribution in [0.1, 0.15) is 22.8 Å². The molecule has 0 aromatic heterocycles. The Balaban J connectivity index is 0.00000392. The number of aliphatic imine (C=N–C) groups is 1. The fourth-order valence-corrected chi connectivity index (χ4v) is 2.60. The van der Waals surface area contributed by atoms with E-state index in [2.05, 4.69) is 32.7 Å². The Labute approximate surface area is 184 Å². The minimum Gasteiger partial charge on any atom is -0.497 e. The van der Waals surface area contributed by atoms with Crippen LogP contribution >= 0.6 is 24.0 Å². The maximum absolute atomic E-state index is 12.2. The van der Waals surface area contributed by atoms with Gasteiger partial charge in [-0.15, -0.1) is 24.0 Å². The summed E-state index contributed by atoms with van der Waals surface area (Å²) >= 11 is 0.